The van der Waals surface area contributed by atoms with Gasteiger partial charge in [-0.3, -0.25) is 9.69 Å². The number of pyridine rings is 1. The van der Waals surface area contributed by atoms with Crippen LogP contribution in [0.3, 0.4) is 0 Å². The predicted octanol–water partition coefficient (Wildman–Crippen LogP) is 5.10. The summed E-state index contributed by atoms with van der Waals surface area (Å²) >= 11 is 0. The summed E-state index contributed by atoms with van der Waals surface area (Å²) < 4.78 is 10.9. The minimum atomic E-state index is -0.116. The molecule has 1 N–H and O–H groups in total. The Labute approximate surface area is 211 Å². The fourth-order valence-electron chi connectivity index (χ4n) is 4.96. The Morgan fingerprint density at radius 3 is 2.39 bits per heavy atom. The van der Waals surface area contributed by atoms with Crippen LogP contribution in [-0.4, -0.2) is 55.2 Å². The number of morpholine rings is 1. The molecule has 1 aromatic heterocycles. The molecule has 0 unspecified atom stereocenters. The predicted molar refractivity (Wildman–Crippen MR) is 142 cm³/mol. The van der Waals surface area contributed by atoms with Crippen LogP contribution in [0.15, 0.2) is 84.9 Å². The molecule has 184 valence electrons. The van der Waals surface area contributed by atoms with E-state index in [0.29, 0.717) is 18.8 Å². The highest BCUT2D eigenvalue weighted by molar-refractivity contribution is 6.07. The smallest absolute Gasteiger partial charge is 0.252 e. The summed E-state index contributed by atoms with van der Waals surface area (Å²) in [6.45, 7) is 5.15. The fraction of sp³-hybridized carbons (Fsp3) is 0.267. The Morgan fingerprint density at radius 1 is 0.972 bits per heavy atom. The summed E-state index contributed by atoms with van der Waals surface area (Å²) in [5.74, 6) is 0.673. The third-order valence-electron chi connectivity index (χ3n) is 6.76. The number of methoxy groups -OCH3 is 1. The molecule has 0 spiro atoms. The third kappa shape index (κ3) is 5.10. The van der Waals surface area contributed by atoms with Crippen LogP contribution in [0.25, 0.3) is 22.2 Å². The third-order valence-corrected chi connectivity index (χ3v) is 6.76. The number of carbonyl (C=O) groups excluding carboxylic acids is 1. The molecule has 3 aromatic carbocycles. The molecule has 5 rings (SSSR count). The van der Waals surface area contributed by atoms with Crippen molar-refractivity contribution < 1.29 is 14.3 Å². The van der Waals surface area contributed by atoms with Crippen LogP contribution in [-0.2, 0) is 4.74 Å². The number of carbonyl (C=O) groups is 1. The average molecular weight is 482 g/mol. The summed E-state index contributed by atoms with van der Waals surface area (Å²) in [6.07, 6.45) is 0. The fourth-order valence-corrected chi connectivity index (χ4v) is 4.96. The molecule has 0 bridgehead atoms. The van der Waals surface area contributed by atoms with Crippen molar-refractivity contribution in [3.05, 3.63) is 96.1 Å². The van der Waals surface area contributed by atoms with E-state index in [4.69, 9.17) is 14.5 Å². The van der Waals surface area contributed by atoms with Crippen LogP contribution in [0.2, 0.25) is 0 Å². The first-order chi connectivity index (χ1) is 17.6. The molecular formula is C30H31N3O3. The van der Waals surface area contributed by atoms with Crippen molar-refractivity contribution in [1.29, 1.82) is 0 Å². The second-order valence-electron chi connectivity index (χ2n) is 9.07. The number of ether oxygens (including phenoxy) is 2. The molecule has 2 heterocycles. The van der Waals surface area contributed by atoms with Crippen LogP contribution < -0.4 is 10.1 Å². The van der Waals surface area contributed by atoms with Crippen LogP contribution >= 0.6 is 0 Å². The topological polar surface area (TPSA) is 63.7 Å². The van der Waals surface area contributed by atoms with Gasteiger partial charge in [0.15, 0.2) is 0 Å². The second kappa shape index (κ2) is 10.9. The van der Waals surface area contributed by atoms with Gasteiger partial charge in [-0.25, -0.2) is 4.98 Å². The molecule has 1 aliphatic heterocycles. The van der Waals surface area contributed by atoms with Crippen molar-refractivity contribution in [1.82, 2.24) is 15.2 Å². The molecule has 1 aliphatic rings. The number of para-hydroxylation sites is 1. The van der Waals surface area contributed by atoms with Gasteiger partial charge in [-0.2, -0.15) is 0 Å². The largest absolute Gasteiger partial charge is 0.497 e. The summed E-state index contributed by atoms with van der Waals surface area (Å²) in [7, 11) is 1.65. The lowest BCUT2D eigenvalue weighted by atomic mass is 9.97. The van der Waals surface area contributed by atoms with Crippen molar-refractivity contribution in [2.24, 2.45) is 0 Å². The Bertz CT molecular complexity index is 1320. The maximum absolute atomic E-state index is 13.8. The summed E-state index contributed by atoms with van der Waals surface area (Å²) in [5.41, 5.74) is 4.27. The number of hydrogen-bond acceptors (Lipinski definition) is 5. The molecule has 0 saturated carbocycles. The molecule has 1 saturated heterocycles. The second-order valence-corrected chi connectivity index (χ2v) is 9.07. The monoisotopic (exact) mass is 481 g/mol. The number of fused-ring (bicyclic) bond motifs is 1. The molecule has 6 nitrogen and oxygen atoms in total. The maximum Gasteiger partial charge on any atom is 0.252 e. The Morgan fingerprint density at radius 2 is 1.67 bits per heavy atom. The number of nitrogens with zero attached hydrogens (tertiary/aromatic N) is 2. The molecular weight excluding hydrogens is 450 g/mol. The Kier molecular flexibility index (Phi) is 7.26. The molecule has 0 radical (unpaired) electrons. The zero-order chi connectivity index (χ0) is 24.9. The van der Waals surface area contributed by atoms with E-state index in [-0.39, 0.29) is 18.0 Å². The van der Waals surface area contributed by atoms with E-state index in [0.717, 1.165) is 41.0 Å². The molecule has 1 fully saturated rings. The van der Waals surface area contributed by atoms with Crippen molar-refractivity contribution in [2.45, 2.75) is 19.0 Å². The number of hydrogen-bond donors (Lipinski definition) is 1. The maximum atomic E-state index is 13.8. The lowest BCUT2D eigenvalue weighted by Gasteiger charge is -2.38. The highest BCUT2D eigenvalue weighted by atomic mass is 16.5. The van der Waals surface area contributed by atoms with E-state index in [9.17, 15) is 4.79 Å². The van der Waals surface area contributed by atoms with Gasteiger partial charge in [-0.05, 0) is 48.9 Å². The van der Waals surface area contributed by atoms with E-state index in [2.05, 4.69) is 41.4 Å². The van der Waals surface area contributed by atoms with Gasteiger partial charge in [-0.1, -0.05) is 48.5 Å². The van der Waals surface area contributed by atoms with Gasteiger partial charge in [0.05, 0.1) is 43.1 Å². The van der Waals surface area contributed by atoms with Gasteiger partial charge in [0, 0.05) is 30.1 Å². The number of rotatable bonds is 7. The van der Waals surface area contributed by atoms with E-state index >= 15 is 0 Å². The number of amides is 1. The highest BCUT2D eigenvalue weighted by Gasteiger charge is 2.29. The van der Waals surface area contributed by atoms with E-state index in [1.54, 1.807) is 7.11 Å². The van der Waals surface area contributed by atoms with Gasteiger partial charge in [0.2, 0.25) is 0 Å². The highest BCUT2D eigenvalue weighted by Crippen LogP contribution is 2.28. The lowest BCUT2D eigenvalue weighted by molar-refractivity contribution is 0.00889. The number of benzene rings is 3. The quantitative estimate of drug-likeness (QED) is 0.398. The van der Waals surface area contributed by atoms with Crippen molar-refractivity contribution >= 4 is 16.8 Å². The summed E-state index contributed by atoms with van der Waals surface area (Å²) in [4.78, 5) is 21.0. The molecule has 4 aromatic rings. The summed E-state index contributed by atoms with van der Waals surface area (Å²) in [5, 5.41) is 4.15. The van der Waals surface area contributed by atoms with Gasteiger partial charge in [0.25, 0.3) is 5.91 Å². The van der Waals surface area contributed by atoms with Crippen molar-refractivity contribution in [2.75, 3.05) is 33.4 Å². The summed E-state index contributed by atoms with van der Waals surface area (Å²) in [6, 6.07) is 27.7. The molecule has 36 heavy (non-hydrogen) atoms. The van der Waals surface area contributed by atoms with E-state index in [1.165, 1.54) is 5.56 Å². The zero-order valence-electron chi connectivity index (χ0n) is 20.7. The molecule has 6 heteroatoms. The number of aromatic nitrogens is 1. The van der Waals surface area contributed by atoms with Crippen LogP contribution in [0.4, 0.5) is 0 Å². The lowest BCUT2D eigenvalue weighted by Crippen LogP contribution is -2.48. The van der Waals surface area contributed by atoms with Crippen LogP contribution in [0.1, 0.15) is 28.9 Å². The van der Waals surface area contributed by atoms with E-state index in [1.807, 2.05) is 60.7 Å². The average Bonchev–Trinajstić information content (AvgIpc) is 2.93. The van der Waals surface area contributed by atoms with Gasteiger partial charge >= 0.3 is 0 Å². The Balaban J connectivity index is 1.48. The molecule has 2 atom stereocenters. The van der Waals surface area contributed by atoms with E-state index < -0.39 is 0 Å². The van der Waals surface area contributed by atoms with Crippen molar-refractivity contribution in [3.8, 4) is 17.0 Å². The van der Waals surface area contributed by atoms with Gasteiger partial charge < -0.3 is 14.8 Å². The SMILES string of the molecule is COc1ccc(-c2cc(C(=O)N[C@@H](C)[C@@H](c3ccccc3)N3CCOCC3)c3ccccc3n2)cc1. The number of nitrogens with one attached hydrogen (secondary N) is 1. The zero-order valence-corrected chi connectivity index (χ0v) is 20.7. The molecule has 0 aliphatic carbocycles. The first kappa shape index (κ1) is 24.0. The van der Waals surface area contributed by atoms with Crippen LogP contribution in [0.5, 0.6) is 5.75 Å². The Hall–Kier alpha value is -3.74. The van der Waals surface area contributed by atoms with Gasteiger partial charge in [0.1, 0.15) is 5.75 Å². The van der Waals surface area contributed by atoms with Crippen LogP contribution in [0, 0.1) is 0 Å². The minimum Gasteiger partial charge on any atom is -0.497 e. The minimum absolute atomic E-state index is 0.0493. The standard InChI is InChI=1S/C30H31N3O3/c1-21(29(23-8-4-3-5-9-23)33-16-18-36-19-17-33)31-30(34)26-20-28(22-12-14-24(35-2)15-13-22)32-27-11-7-6-10-25(26)27/h3-15,20-21,29H,16-19H2,1-2H3,(H,31,34)/t21-,29-/m0/s1. The first-order valence-electron chi connectivity index (χ1n) is 12.4. The molecule has 1 amide bonds. The van der Waals surface area contributed by atoms with Crippen molar-refractivity contribution in [3.63, 3.8) is 0 Å². The van der Waals surface area contributed by atoms with Gasteiger partial charge in [-0.15, -0.1) is 0 Å². The normalized spacial score (nSPS) is 15.8. The first-order valence-corrected chi connectivity index (χ1v) is 12.4.